The van der Waals surface area contributed by atoms with Gasteiger partial charge in [0.05, 0.1) is 0 Å². The topological polar surface area (TPSA) is 78.9 Å². The van der Waals surface area contributed by atoms with Crippen molar-refractivity contribution < 1.29 is 28.6 Å². The highest BCUT2D eigenvalue weighted by Gasteiger charge is 2.19. The van der Waals surface area contributed by atoms with E-state index in [1.54, 1.807) is 0 Å². The second kappa shape index (κ2) is 60.9. The third-order valence-electron chi connectivity index (χ3n) is 14.1. The second-order valence-electron chi connectivity index (χ2n) is 21.3. The average Bonchev–Trinajstić information content (AvgIpc) is 3.38. The fourth-order valence-electron chi connectivity index (χ4n) is 9.27. The maximum Gasteiger partial charge on any atom is 0.306 e. The standard InChI is InChI=1S/C66H120O6/c1-4-7-10-13-16-19-22-25-27-29-31-32-33-34-35-37-38-41-44-47-50-53-56-59-65(68)71-62-63(61-70-64(67)58-55-52-49-46-43-40-24-21-18-15-12-9-6-3)72-66(69)60-57-54-51-48-45-42-39-36-30-28-26-23-20-17-14-11-8-5-2/h21-22,24-25,29,31,33-34,63H,4-20,23,26-28,30,32,35-62H2,1-3H3/b24-21-,25-22-,31-29-,34-33-. The molecule has 6 heteroatoms. The van der Waals surface area contributed by atoms with Gasteiger partial charge in [-0.05, 0) is 83.5 Å². The van der Waals surface area contributed by atoms with Crippen molar-refractivity contribution in [3.05, 3.63) is 48.6 Å². The zero-order chi connectivity index (χ0) is 52.2. The fourth-order valence-corrected chi connectivity index (χ4v) is 9.27. The molecule has 420 valence electrons. The van der Waals surface area contributed by atoms with Gasteiger partial charge in [0.25, 0.3) is 0 Å². The van der Waals surface area contributed by atoms with Gasteiger partial charge >= 0.3 is 17.9 Å². The highest BCUT2D eigenvalue weighted by molar-refractivity contribution is 5.71. The molecular weight excluding hydrogens is 889 g/mol. The number of hydrogen-bond donors (Lipinski definition) is 0. The molecule has 0 aromatic heterocycles. The second-order valence-corrected chi connectivity index (χ2v) is 21.3. The molecule has 0 aromatic carbocycles. The first-order valence-electron chi connectivity index (χ1n) is 31.6. The lowest BCUT2D eigenvalue weighted by molar-refractivity contribution is -0.167. The summed E-state index contributed by atoms with van der Waals surface area (Å²) >= 11 is 0. The molecule has 0 heterocycles. The minimum absolute atomic E-state index is 0.0764. The van der Waals surface area contributed by atoms with Crippen LogP contribution >= 0.6 is 0 Å². The van der Waals surface area contributed by atoms with Gasteiger partial charge in [-0.25, -0.2) is 0 Å². The Morgan fingerprint density at radius 2 is 0.500 bits per heavy atom. The first-order chi connectivity index (χ1) is 35.5. The lowest BCUT2D eigenvalue weighted by Crippen LogP contribution is -2.30. The molecule has 0 rings (SSSR count). The van der Waals surface area contributed by atoms with Crippen molar-refractivity contribution in [3.63, 3.8) is 0 Å². The molecule has 0 spiro atoms. The number of allylic oxidation sites excluding steroid dienone is 8. The van der Waals surface area contributed by atoms with Crippen molar-refractivity contribution in [1.82, 2.24) is 0 Å². The van der Waals surface area contributed by atoms with Gasteiger partial charge in [-0.1, -0.05) is 281 Å². The summed E-state index contributed by atoms with van der Waals surface area (Å²) in [4.78, 5) is 38.3. The Morgan fingerprint density at radius 1 is 0.278 bits per heavy atom. The van der Waals surface area contributed by atoms with E-state index in [0.29, 0.717) is 19.3 Å². The summed E-state index contributed by atoms with van der Waals surface area (Å²) in [5.74, 6) is -0.872. The van der Waals surface area contributed by atoms with Crippen LogP contribution in [0.4, 0.5) is 0 Å². The van der Waals surface area contributed by atoms with E-state index in [4.69, 9.17) is 14.2 Å². The van der Waals surface area contributed by atoms with Gasteiger partial charge in [0.2, 0.25) is 0 Å². The van der Waals surface area contributed by atoms with E-state index in [1.807, 2.05) is 0 Å². The zero-order valence-corrected chi connectivity index (χ0v) is 48.2. The van der Waals surface area contributed by atoms with Crippen molar-refractivity contribution in [2.24, 2.45) is 0 Å². The van der Waals surface area contributed by atoms with Crippen LogP contribution in [0.1, 0.15) is 335 Å². The molecule has 1 unspecified atom stereocenters. The monoisotopic (exact) mass is 1010 g/mol. The lowest BCUT2D eigenvalue weighted by Gasteiger charge is -2.18. The highest BCUT2D eigenvalue weighted by atomic mass is 16.6. The summed E-state index contributed by atoms with van der Waals surface area (Å²) in [5.41, 5.74) is 0. The Labute approximate surface area is 448 Å². The number of hydrogen-bond acceptors (Lipinski definition) is 6. The number of carbonyl (C=O) groups is 3. The predicted octanol–water partition coefficient (Wildman–Crippen LogP) is 21.4. The summed E-state index contributed by atoms with van der Waals surface area (Å²) in [7, 11) is 0. The molecule has 0 N–H and O–H groups in total. The van der Waals surface area contributed by atoms with Crippen LogP contribution in [0.15, 0.2) is 48.6 Å². The quantitative estimate of drug-likeness (QED) is 0.0261. The number of unbranched alkanes of at least 4 members (excludes halogenated alkanes) is 39. The molecule has 0 bridgehead atoms. The Hall–Kier alpha value is -2.63. The van der Waals surface area contributed by atoms with Crippen LogP contribution < -0.4 is 0 Å². The van der Waals surface area contributed by atoms with E-state index < -0.39 is 6.10 Å². The van der Waals surface area contributed by atoms with Crippen LogP contribution in [0, 0.1) is 0 Å². The van der Waals surface area contributed by atoms with E-state index in [0.717, 1.165) is 83.5 Å². The third-order valence-corrected chi connectivity index (χ3v) is 14.1. The molecule has 72 heavy (non-hydrogen) atoms. The fraction of sp³-hybridized carbons (Fsp3) is 0.833. The molecular formula is C66H120O6. The summed E-state index contributed by atoms with van der Waals surface area (Å²) < 4.78 is 16.9. The maximum atomic E-state index is 12.9. The van der Waals surface area contributed by atoms with E-state index in [-0.39, 0.29) is 31.1 Å². The van der Waals surface area contributed by atoms with E-state index >= 15 is 0 Å². The minimum Gasteiger partial charge on any atom is -0.462 e. The Morgan fingerprint density at radius 3 is 0.806 bits per heavy atom. The summed E-state index contributed by atoms with van der Waals surface area (Å²) in [6.45, 7) is 6.65. The van der Waals surface area contributed by atoms with Crippen LogP contribution in [0.2, 0.25) is 0 Å². The highest BCUT2D eigenvalue weighted by Crippen LogP contribution is 2.17. The molecule has 0 aliphatic rings. The molecule has 0 radical (unpaired) electrons. The van der Waals surface area contributed by atoms with Crippen LogP contribution in [0.25, 0.3) is 0 Å². The van der Waals surface area contributed by atoms with Crippen LogP contribution in [-0.2, 0) is 28.6 Å². The predicted molar refractivity (Wildman–Crippen MR) is 312 cm³/mol. The van der Waals surface area contributed by atoms with Crippen molar-refractivity contribution in [3.8, 4) is 0 Å². The van der Waals surface area contributed by atoms with Crippen molar-refractivity contribution in [1.29, 1.82) is 0 Å². The largest absolute Gasteiger partial charge is 0.462 e. The molecule has 0 amide bonds. The molecule has 0 aromatic rings. The number of rotatable bonds is 58. The lowest BCUT2D eigenvalue weighted by atomic mass is 10.0. The maximum absolute atomic E-state index is 12.9. The minimum atomic E-state index is -0.778. The van der Waals surface area contributed by atoms with Crippen LogP contribution in [0.3, 0.4) is 0 Å². The van der Waals surface area contributed by atoms with Gasteiger partial charge in [-0.15, -0.1) is 0 Å². The van der Waals surface area contributed by atoms with Gasteiger partial charge in [0.15, 0.2) is 6.10 Å². The van der Waals surface area contributed by atoms with Gasteiger partial charge in [0.1, 0.15) is 13.2 Å². The van der Waals surface area contributed by atoms with Crippen LogP contribution in [0.5, 0.6) is 0 Å². The Bertz CT molecular complexity index is 1250. The molecule has 1 atom stereocenters. The summed E-state index contributed by atoms with van der Waals surface area (Å²) in [6.07, 6.45) is 75.4. The molecule has 0 fully saturated rings. The number of esters is 3. The van der Waals surface area contributed by atoms with Gasteiger partial charge in [-0.3, -0.25) is 14.4 Å². The zero-order valence-electron chi connectivity index (χ0n) is 48.2. The van der Waals surface area contributed by atoms with Crippen LogP contribution in [-0.4, -0.2) is 37.2 Å². The number of ether oxygens (including phenoxy) is 3. The van der Waals surface area contributed by atoms with Crippen molar-refractivity contribution in [2.75, 3.05) is 13.2 Å². The van der Waals surface area contributed by atoms with Crippen molar-refractivity contribution in [2.45, 2.75) is 341 Å². The summed E-state index contributed by atoms with van der Waals surface area (Å²) in [5, 5.41) is 0. The SMILES string of the molecule is CCCCCC/C=C\CCCCCCCC(=O)OCC(COC(=O)CCCCCCCCCC/C=C\C/C=C\C/C=C\CCCCCCC)OC(=O)CCCCCCCCCCCCCCCCCCCC. The summed E-state index contributed by atoms with van der Waals surface area (Å²) in [6, 6.07) is 0. The van der Waals surface area contributed by atoms with Gasteiger partial charge in [-0.2, -0.15) is 0 Å². The van der Waals surface area contributed by atoms with Gasteiger partial charge in [0, 0.05) is 19.3 Å². The average molecular weight is 1010 g/mol. The Balaban J connectivity index is 4.31. The molecule has 0 aliphatic heterocycles. The molecule has 0 saturated carbocycles. The van der Waals surface area contributed by atoms with E-state index in [1.165, 1.54) is 212 Å². The first kappa shape index (κ1) is 69.4. The molecule has 0 aliphatic carbocycles. The molecule has 0 saturated heterocycles. The smallest absolute Gasteiger partial charge is 0.306 e. The van der Waals surface area contributed by atoms with E-state index in [9.17, 15) is 14.4 Å². The number of carbonyl (C=O) groups excluding carboxylic acids is 3. The van der Waals surface area contributed by atoms with E-state index in [2.05, 4.69) is 69.4 Å². The Kier molecular flexibility index (Phi) is 58.7. The normalized spacial score (nSPS) is 12.3. The first-order valence-corrected chi connectivity index (χ1v) is 31.6. The van der Waals surface area contributed by atoms with Gasteiger partial charge < -0.3 is 14.2 Å². The molecule has 6 nitrogen and oxygen atoms in total. The van der Waals surface area contributed by atoms with Crippen molar-refractivity contribution >= 4 is 17.9 Å². The third kappa shape index (κ3) is 58.3.